The van der Waals surface area contributed by atoms with E-state index in [0.717, 1.165) is 5.56 Å². The Morgan fingerprint density at radius 3 is 2.47 bits per heavy atom. The molecule has 0 atom stereocenters. The lowest BCUT2D eigenvalue weighted by atomic mass is 10.1. The fourth-order valence-electron chi connectivity index (χ4n) is 2.53. The quantitative estimate of drug-likeness (QED) is 0.208. The van der Waals surface area contributed by atoms with Gasteiger partial charge in [-0.3, -0.25) is 5.43 Å². The third kappa shape index (κ3) is 5.09. The van der Waals surface area contributed by atoms with E-state index in [1.807, 2.05) is 12.1 Å². The van der Waals surface area contributed by atoms with Gasteiger partial charge < -0.3 is 15.5 Å². The minimum atomic E-state index is -1.11. The van der Waals surface area contributed by atoms with Gasteiger partial charge in [0.2, 0.25) is 0 Å². The molecule has 0 saturated carbocycles. The molecule has 0 aliphatic carbocycles. The summed E-state index contributed by atoms with van der Waals surface area (Å²) >= 11 is 18.5. The van der Waals surface area contributed by atoms with Crippen LogP contribution in [0.2, 0.25) is 10.0 Å². The van der Waals surface area contributed by atoms with Crippen LogP contribution in [0.25, 0.3) is 10.4 Å². The van der Waals surface area contributed by atoms with Crippen molar-refractivity contribution in [3.05, 3.63) is 69.0 Å². The van der Waals surface area contributed by atoms with Crippen LogP contribution < -0.4 is 10.7 Å². The summed E-state index contributed by atoms with van der Waals surface area (Å²) in [6.45, 7) is 1.74. The van der Waals surface area contributed by atoms with Crippen molar-refractivity contribution in [3.63, 3.8) is 0 Å². The molecule has 0 radical (unpaired) electrons. The van der Waals surface area contributed by atoms with E-state index in [0.29, 0.717) is 26.9 Å². The maximum absolute atomic E-state index is 11.0. The van der Waals surface area contributed by atoms with E-state index in [9.17, 15) is 9.90 Å². The largest absolute Gasteiger partial charge is 0.506 e. The zero-order valence-electron chi connectivity index (χ0n) is 15.4. The van der Waals surface area contributed by atoms with Crippen molar-refractivity contribution in [1.29, 1.82) is 0 Å². The molecule has 30 heavy (non-hydrogen) atoms. The molecule has 0 aliphatic heterocycles. The summed E-state index contributed by atoms with van der Waals surface area (Å²) in [5.41, 5.74) is 5.17. The summed E-state index contributed by atoms with van der Waals surface area (Å²) < 4.78 is 0. The number of anilines is 1. The van der Waals surface area contributed by atoms with E-state index in [2.05, 4.69) is 15.8 Å². The molecule has 6 nitrogen and oxygen atoms in total. The Balaban J connectivity index is 1.69. The minimum absolute atomic E-state index is 0.000570. The molecule has 0 unspecified atom stereocenters. The molecule has 10 heteroatoms. The molecule has 154 valence electrons. The van der Waals surface area contributed by atoms with Gasteiger partial charge in [0.1, 0.15) is 5.75 Å². The van der Waals surface area contributed by atoms with Crippen LogP contribution in [-0.2, 0) is 0 Å². The number of halogens is 2. The van der Waals surface area contributed by atoms with Gasteiger partial charge >= 0.3 is 5.97 Å². The maximum Gasteiger partial charge on any atom is 0.337 e. The fourth-order valence-corrected chi connectivity index (χ4v) is 4.10. The van der Waals surface area contributed by atoms with Crippen molar-refractivity contribution in [2.24, 2.45) is 5.10 Å². The summed E-state index contributed by atoms with van der Waals surface area (Å²) in [5.74, 6) is -0.985. The number of aromatic hydroxyl groups is 1. The Bertz CT molecular complexity index is 1140. The van der Waals surface area contributed by atoms with Gasteiger partial charge in [-0.25, -0.2) is 4.79 Å². The van der Waals surface area contributed by atoms with Crippen molar-refractivity contribution < 1.29 is 15.0 Å². The average molecular weight is 480 g/mol. The molecular weight excluding hydrogens is 465 g/mol. The number of benzene rings is 2. The predicted octanol–water partition coefficient (Wildman–Crippen LogP) is 5.84. The molecular formula is C20H15Cl2N3O3S2. The van der Waals surface area contributed by atoms with Crippen molar-refractivity contribution in [3.8, 4) is 16.2 Å². The molecule has 1 aromatic heterocycles. The van der Waals surface area contributed by atoms with Gasteiger partial charge in [-0.05, 0) is 55.0 Å². The third-order valence-electron chi connectivity index (χ3n) is 4.04. The van der Waals surface area contributed by atoms with E-state index in [1.54, 1.807) is 30.5 Å². The number of carbonyl (C=O) groups is 1. The van der Waals surface area contributed by atoms with Gasteiger partial charge in [-0.2, -0.15) is 5.10 Å². The maximum atomic E-state index is 11.0. The topological polar surface area (TPSA) is 94.0 Å². The number of hydrogen-bond donors (Lipinski definition) is 4. The number of carboxylic acids is 1. The van der Waals surface area contributed by atoms with Crippen LogP contribution in [0, 0.1) is 0 Å². The zero-order valence-corrected chi connectivity index (χ0v) is 18.6. The highest BCUT2D eigenvalue weighted by atomic mass is 35.5. The van der Waals surface area contributed by atoms with Crippen LogP contribution in [0.3, 0.4) is 0 Å². The molecule has 0 fully saturated rings. The molecule has 3 aromatic rings. The van der Waals surface area contributed by atoms with Gasteiger partial charge in [0.05, 0.1) is 26.7 Å². The molecule has 0 saturated heterocycles. The number of carboxylic acid groups (broad SMARTS) is 1. The fraction of sp³-hybridized carbons (Fsp3) is 0.0500. The SMILES string of the molecule is C/C(=N/NC(=S)Nc1ccc(C(=O)O)c(Cl)c1)c1csc(-c2ccc(Cl)cc2)c1O. The summed E-state index contributed by atoms with van der Waals surface area (Å²) in [6, 6.07) is 11.6. The Labute approximate surface area is 191 Å². The first kappa shape index (κ1) is 22.0. The van der Waals surface area contributed by atoms with Crippen molar-refractivity contribution in [2.75, 3.05) is 5.32 Å². The first-order valence-electron chi connectivity index (χ1n) is 8.47. The monoisotopic (exact) mass is 479 g/mol. The number of aromatic carboxylic acids is 1. The smallest absolute Gasteiger partial charge is 0.337 e. The van der Waals surface area contributed by atoms with E-state index < -0.39 is 5.97 Å². The summed E-state index contributed by atoms with van der Waals surface area (Å²) in [6.07, 6.45) is 0. The Hall–Kier alpha value is -2.65. The van der Waals surface area contributed by atoms with Gasteiger partial charge in [0.15, 0.2) is 5.11 Å². The van der Waals surface area contributed by atoms with Crippen LogP contribution >= 0.6 is 46.8 Å². The van der Waals surface area contributed by atoms with Crippen LogP contribution in [0.4, 0.5) is 5.69 Å². The van der Waals surface area contributed by atoms with Gasteiger partial charge in [-0.1, -0.05) is 35.3 Å². The predicted molar refractivity (Wildman–Crippen MR) is 126 cm³/mol. The van der Waals surface area contributed by atoms with Crippen molar-refractivity contribution in [2.45, 2.75) is 6.92 Å². The Morgan fingerprint density at radius 1 is 1.13 bits per heavy atom. The molecule has 4 N–H and O–H groups in total. The lowest BCUT2D eigenvalue weighted by Gasteiger charge is -2.09. The second-order valence-corrected chi connectivity index (χ2v) is 8.23. The Morgan fingerprint density at radius 2 is 1.83 bits per heavy atom. The molecule has 2 aromatic carbocycles. The van der Waals surface area contributed by atoms with E-state index in [-0.39, 0.29) is 21.4 Å². The van der Waals surface area contributed by atoms with Gasteiger partial charge in [-0.15, -0.1) is 11.3 Å². The number of thiophene rings is 1. The van der Waals surface area contributed by atoms with Crippen molar-refractivity contribution >= 4 is 69.2 Å². The lowest BCUT2D eigenvalue weighted by Crippen LogP contribution is -2.25. The zero-order chi connectivity index (χ0) is 21.8. The normalized spacial score (nSPS) is 11.2. The number of hydrogen-bond acceptors (Lipinski definition) is 5. The third-order valence-corrected chi connectivity index (χ3v) is 5.82. The average Bonchev–Trinajstić information content (AvgIpc) is 3.08. The number of rotatable bonds is 5. The molecule has 1 heterocycles. The second kappa shape index (κ2) is 9.44. The highest BCUT2D eigenvalue weighted by Crippen LogP contribution is 2.39. The molecule has 0 amide bonds. The van der Waals surface area contributed by atoms with E-state index >= 15 is 0 Å². The van der Waals surface area contributed by atoms with Crippen LogP contribution in [0.1, 0.15) is 22.8 Å². The molecule has 0 aliphatic rings. The minimum Gasteiger partial charge on any atom is -0.506 e. The Kier molecular flexibility index (Phi) is 6.94. The number of nitrogens with one attached hydrogen (secondary N) is 2. The molecule has 0 spiro atoms. The first-order chi connectivity index (χ1) is 14.3. The van der Waals surface area contributed by atoms with E-state index in [4.69, 9.17) is 40.5 Å². The first-order valence-corrected chi connectivity index (χ1v) is 10.5. The molecule has 3 rings (SSSR count). The number of thiocarbonyl (C=S) groups is 1. The standard InChI is InChI=1S/C20H15Cl2N3O3S2/c1-10(15-9-30-18(17(15)26)11-2-4-12(21)5-3-11)24-25-20(29)23-13-6-7-14(19(27)28)16(22)8-13/h2-9,26H,1H3,(H,27,28)(H2,23,25,29)/b24-10-. The lowest BCUT2D eigenvalue weighted by molar-refractivity contribution is 0.0697. The summed E-state index contributed by atoms with van der Waals surface area (Å²) in [5, 5.41) is 29.4. The van der Waals surface area contributed by atoms with Crippen molar-refractivity contribution in [1.82, 2.24) is 5.43 Å². The molecule has 0 bridgehead atoms. The summed E-state index contributed by atoms with van der Waals surface area (Å²) in [4.78, 5) is 11.7. The van der Waals surface area contributed by atoms with Gasteiger partial charge in [0.25, 0.3) is 0 Å². The van der Waals surface area contributed by atoms with Crippen LogP contribution in [-0.4, -0.2) is 27.0 Å². The highest BCUT2D eigenvalue weighted by molar-refractivity contribution is 7.80. The van der Waals surface area contributed by atoms with Gasteiger partial charge in [0, 0.05) is 16.1 Å². The van der Waals surface area contributed by atoms with E-state index in [1.165, 1.54) is 23.5 Å². The van der Waals surface area contributed by atoms with Crippen LogP contribution in [0.5, 0.6) is 5.75 Å². The highest BCUT2D eigenvalue weighted by Gasteiger charge is 2.15. The van der Waals surface area contributed by atoms with Crippen LogP contribution in [0.15, 0.2) is 52.9 Å². The second-order valence-electron chi connectivity index (χ2n) is 6.10. The number of hydrazone groups is 1. The number of nitrogens with zero attached hydrogens (tertiary/aromatic N) is 1. The summed E-state index contributed by atoms with van der Waals surface area (Å²) in [7, 11) is 0.